The van der Waals surface area contributed by atoms with E-state index < -0.39 is 0 Å². The summed E-state index contributed by atoms with van der Waals surface area (Å²) in [4.78, 5) is 6.14. The number of rotatable bonds is 5. The lowest BCUT2D eigenvalue weighted by Crippen LogP contribution is -2.15. The summed E-state index contributed by atoms with van der Waals surface area (Å²) in [6.07, 6.45) is 1.02. The van der Waals surface area contributed by atoms with E-state index in [9.17, 15) is 0 Å². The Morgan fingerprint density at radius 3 is 2.68 bits per heavy atom. The van der Waals surface area contributed by atoms with Gasteiger partial charge in [-0.15, -0.1) is 11.3 Å². The number of thiazole rings is 1. The van der Waals surface area contributed by atoms with Crippen LogP contribution in [0, 0.1) is 20.8 Å². The molecule has 1 heterocycles. The molecule has 2 nitrogen and oxygen atoms in total. The quantitative estimate of drug-likeness (QED) is 0.837. The summed E-state index contributed by atoms with van der Waals surface area (Å²) in [6, 6.07) is 6.59. The van der Waals surface area contributed by atoms with Crippen molar-refractivity contribution in [1.82, 2.24) is 10.3 Å². The minimum Gasteiger partial charge on any atom is -0.317 e. The molecule has 0 unspecified atom stereocenters. The monoisotopic (exact) mass is 274 g/mol. The van der Waals surface area contributed by atoms with Crippen LogP contribution in [0.5, 0.6) is 0 Å². The van der Waals surface area contributed by atoms with Gasteiger partial charge in [-0.05, 0) is 32.9 Å². The highest BCUT2D eigenvalue weighted by Gasteiger charge is 2.11. The Morgan fingerprint density at radius 1 is 1.21 bits per heavy atom. The molecule has 3 heteroatoms. The van der Waals surface area contributed by atoms with Crippen molar-refractivity contribution in [2.75, 3.05) is 13.1 Å². The van der Waals surface area contributed by atoms with Crippen molar-refractivity contribution >= 4 is 11.3 Å². The number of benzene rings is 1. The maximum atomic E-state index is 4.82. The predicted molar refractivity (Wildman–Crippen MR) is 84.0 cm³/mol. The number of aromatic nitrogens is 1. The van der Waals surface area contributed by atoms with E-state index in [4.69, 9.17) is 4.98 Å². The van der Waals surface area contributed by atoms with Crippen LogP contribution >= 0.6 is 11.3 Å². The van der Waals surface area contributed by atoms with Crippen LogP contribution in [-0.4, -0.2) is 18.1 Å². The highest BCUT2D eigenvalue weighted by atomic mass is 32.1. The van der Waals surface area contributed by atoms with Crippen LogP contribution in [0.4, 0.5) is 0 Å². The summed E-state index contributed by atoms with van der Waals surface area (Å²) in [5, 5.41) is 4.58. The molecule has 102 valence electrons. The van der Waals surface area contributed by atoms with Gasteiger partial charge in [0.15, 0.2) is 0 Å². The van der Waals surface area contributed by atoms with Gasteiger partial charge in [0.2, 0.25) is 0 Å². The number of hydrogen-bond acceptors (Lipinski definition) is 3. The van der Waals surface area contributed by atoms with Gasteiger partial charge >= 0.3 is 0 Å². The lowest BCUT2D eigenvalue weighted by molar-refractivity contribution is 0.714. The summed E-state index contributed by atoms with van der Waals surface area (Å²) in [6.45, 7) is 10.6. The topological polar surface area (TPSA) is 24.9 Å². The van der Waals surface area contributed by atoms with Gasteiger partial charge in [0, 0.05) is 23.4 Å². The zero-order chi connectivity index (χ0) is 13.8. The van der Waals surface area contributed by atoms with Crippen LogP contribution in [0.2, 0.25) is 0 Å². The molecule has 0 spiro atoms. The molecule has 0 saturated heterocycles. The standard InChI is InChI=1S/C16H22N2S/c1-5-17-9-8-15-18-16(13(4)19-15)14-7-6-11(2)10-12(14)3/h6-7,10,17H,5,8-9H2,1-4H3. The molecule has 2 aromatic rings. The van der Waals surface area contributed by atoms with Crippen LogP contribution in [0.25, 0.3) is 11.3 Å². The second kappa shape index (κ2) is 6.31. The average Bonchev–Trinajstić information content (AvgIpc) is 2.71. The van der Waals surface area contributed by atoms with E-state index in [1.54, 1.807) is 0 Å². The van der Waals surface area contributed by atoms with Crippen molar-refractivity contribution in [1.29, 1.82) is 0 Å². The fourth-order valence-electron chi connectivity index (χ4n) is 2.26. The van der Waals surface area contributed by atoms with E-state index in [-0.39, 0.29) is 0 Å². The van der Waals surface area contributed by atoms with Crippen LogP contribution in [-0.2, 0) is 6.42 Å². The Balaban J connectivity index is 2.24. The third-order valence-corrected chi connectivity index (χ3v) is 4.27. The van der Waals surface area contributed by atoms with E-state index in [0.717, 1.165) is 25.2 Å². The van der Waals surface area contributed by atoms with E-state index in [2.05, 4.69) is 51.2 Å². The number of aryl methyl sites for hydroxylation is 3. The lowest BCUT2D eigenvalue weighted by atomic mass is 10.0. The van der Waals surface area contributed by atoms with Crippen molar-refractivity contribution in [2.24, 2.45) is 0 Å². The molecule has 0 saturated carbocycles. The lowest BCUT2D eigenvalue weighted by Gasteiger charge is -2.05. The highest BCUT2D eigenvalue weighted by Crippen LogP contribution is 2.30. The van der Waals surface area contributed by atoms with Crippen LogP contribution in [0.1, 0.15) is 27.9 Å². The molecule has 0 aliphatic heterocycles. The van der Waals surface area contributed by atoms with Crippen molar-refractivity contribution in [3.05, 3.63) is 39.2 Å². The molecule has 19 heavy (non-hydrogen) atoms. The molecule has 1 aromatic carbocycles. The molecule has 0 radical (unpaired) electrons. The van der Waals surface area contributed by atoms with E-state index in [0.29, 0.717) is 0 Å². The molecule has 1 N–H and O–H groups in total. The first-order valence-corrected chi connectivity index (χ1v) is 7.68. The summed E-state index contributed by atoms with van der Waals surface area (Å²) >= 11 is 1.82. The molecule has 0 aliphatic carbocycles. The first-order chi connectivity index (χ1) is 9.11. The molecule has 0 fully saturated rings. The van der Waals surface area contributed by atoms with Crippen LogP contribution < -0.4 is 5.32 Å². The minimum absolute atomic E-state index is 1.01. The van der Waals surface area contributed by atoms with Gasteiger partial charge in [0.25, 0.3) is 0 Å². The van der Waals surface area contributed by atoms with E-state index >= 15 is 0 Å². The molecule has 0 atom stereocenters. The third kappa shape index (κ3) is 3.43. The second-order valence-corrected chi connectivity index (χ2v) is 6.22. The van der Waals surface area contributed by atoms with Crippen molar-refractivity contribution in [3.63, 3.8) is 0 Å². The Hall–Kier alpha value is -1.19. The van der Waals surface area contributed by atoms with Crippen LogP contribution in [0.3, 0.4) is 0 Å². The summed E-state index contributed by atoms with van der Waals surface area (Å²) < 4.78 is 0. The van der Waals surface area contributed by atoms with E-state index in [1.807, 2.05) is 11.3 Å². The first kappa shape index (κ1) is 14.2. The van der Waals surface area contributed by atoms with Gasteiger partial charge in [-0.25, -0.2) is 4.98 Å². The van der Waals surface area contributed by atoms with Crippen molar-refractivity contribution < 1.29 is 0 Å². The van der Waals surface area contributed by atoms with Gasteiger partial charge < -0.3 is 5.32 Å². The Labute approximate surface area is 119 Å². The van der Waals surface area contributed by atoms with E-state index in [1.165, 1.54) is 26.6 Å². The second-order valence-electron chi connectivity index (χ2n) is 4.93. The fourth-order valence-corrected chi connectivity index (χ4v) is 3.21. The molecular formula is C16H22N2S. The average molecular weight is 274 g/mol. The SMILES string of the molecule is CCNCCc1nc(-c2ccc(C)cc2C)c(C)s1. The fraction of sp³-hybridized carbons (Fsp3) is 0.438. The first-order valence-electron chi connectivity index (χ1n) is 6.86. The normalized spacial score (nSPS) is 10.9. The molecule has 1 aromatic heterocycles. The van der Waals surface area contributed by atoms with Gasteiger partial charge in [-0.3, -0.25) is 0 Å². The zero-order valence-electron chi connectivity index (χ0n) is 12.2. The molecule has 2 rings (SSSR count). The Bertz CT molecular complexity index is 558. The minimum atomic E-state index is 1.01. The Morgan fingerprint density at radius 2 is 2.00 bits per heavy atom. The number of nitrogens with one attached hydrogen (secondary N) is 1. The zero-order valence-corrected chi connectivity index (χ0v) is 13.0. The smallest absolute Gasteiger partial charge is 0.0948 e. The predicted octanol–water partition coefficient (Wildman–Crippen LogP) is 3.89. The number of nitrogens with zero attached hydrogens (tertiary/aromatic N) is 1. The maximum absolute atomic E-state index is 4.82. The molecule has 0 aliphatic rings. The summed E-state index contributed by atoms with van der Waals surface area (Å²) in [5.41, 5.74) is 5.05. The summed E-state index contributed by atoms with van der Waals surface area (Å²) in [7, 11) is 0. The number of likely N-dealkylation sites (N-methyl/N-ethyl adjacent to an activating group) is 1. The molecular weight excluding hydrogens is 252 g/mol. The maximum Gasteiger partial charge on any atom is 0.0948 e. The number of hydrogen-bond donors (Lipinski definition) is 1. The Kier molecular flexibility index (Phi) is 4.72. The van der Waals surface area contributed by atoms with Gasteiger partial charge in [-0.1, -0.05) is 30.7 Å². The third-order valence-electron chi connectivity index (χ3n) is 3.24. The molecule has 0 amide bonds. The van der Waals surface area contributed by atoms with Crippen molar-refractivity contribution in [3.8, 4) is 11.3 Å². The largest absolute Gasteiger partial charge is 0.317 e. The van der Waals surface area contributed by atoms with Gasteiger partial charge in [-0.2, -0.15) is 0 Å². The molecule has 0 bridgehead atoms. The van der Waals surface area contributed by atoms with Gasteiger partial charge in [0.1, 0.15) is 0 Å². The highest BCUT2D eigenvalue weighted by molar-refractivity contribution is 7.12. The van der Waals surface area contributed by atoms with Crippen molar-refractivity contribution in [2.45, 2.75) is 34.1 Å². The summed E-state index contributed by atoms with van der Waals surface area (Å²) in [5.74, 6) is 0. The van der Waals surface area contributed by atoms with Gasteiger partial charge in [0.05, 0.1) is 10.7 Å². The van der Waals surface area contributed by atoms with Crippen LogP contribution in [0.15, 0.2) is 18.2 Å².